The fraction of sp³-hybridized carbons (Fsp3) is 0.667. The number of nitrogens with one attached hydrogen (secondary N) is 2. The molecule has 1 rings (SSSR count). The van der Waals surface area contributed by atoms with Crippen LogP contribution in [0.3, 0.4) is 0 Å². The highest BCUT2D eigenvalue weighted by atomic mass is 32.1. The van der Waals surface area contributed by atoms with Crippen molar-refractivity contribution in [1.82, 2.24) is 15.5 Å². The molecule has 0 aromatic heterocycles. The minimum absolute atomic E-state index is 0.0464. The number of thiol groups is 1. The van der Waals surface area contributed by atoms with Crippen molar-refractivity contribution >= 4 is 42.2 Å². The van der Waals surface area contributed by atoms with Crippen molar-refractivity contribution in [2.45, 2.75) is 50.4 Å². The maximum Gasteiger partial charge on any atom is 0.326 e. The Balaban J connectivity index is 2.66. The number of nitrogens with two attached hydrogens (primary N) is 2. The quantitative estimate of drug-likeness (QED) is 0.224. The third-order valence-corrected chi connectivity index (χ3v) is 4.49. The van der Waals surface area contributed by atoms with Crippen molar-refractivity contribution < 1.29 is 29.1 Å². The fourth-order valence-corrected chi connectivity index (χ4v) is 2.91. The molecule has 0 spiro atoms. The summed E-state index contributed by atoms with van der Waals surface area (Å²) in [7, 11) is 0. The predicted molar refractivity (Wildman–Crippen MR) is 97.5 cm³/mol. The van der Waals surface area contributed by atoms with Crippen molar-refractivity contribution in [3.8, 4) is 0 Å². The molecule has 4 atom stereocenters. The van der Waals surface area contributed by atoms with Crippen LogP contribution in [0.4, 0.5) is 0 Å². The molecule has 1 heterocycles. The Bertz CT molecular complexity index is 616. The van der Waals surface area contributed by atoms with Crippen LogP contribution in [0, 0.1) is 0 Å². The van der Waals surface area contributed by atoms with Gasteiger partial charge in [0.1, 0.15) is 18.1 Å². The molecule has 0 aromatic rings. The van der Waals surface area contributed by atoms with Crippen LogP contribution < -0.4 is 22.1 Å². The molecular formula is C15H25N5O6S. The van der Waals surface area contributed by atoms with Crippen LogP contribution in [-0.4, -0.2) is 76.1 Å². The number of carboxylic acid groups (broad SMARTS) is 1. The first-order chi connectivity index (χ1) is 12.6. The molecule has 4 unspecified atom stereocenters. The van der Waals surface area contributed by atoms with Crippen LogP contribution in [0.5, 0.6) is 0 Å². The van der Waals surface area contributed by atoms with Gasteiger partial charge in [-0.25, -0.2) is 4.79 Å². The Morgan fingerprint density at radius 3 is 2.37 bits per heavy atom. The summed E-state index contributed by atoms with van der Waals surface area (Å²) in [5.74, 6) is -3.87. The summed E-state index contributed by atoms with van der Waals surface area (Å²) in [6.45, 7) is 1.66. The second kappa shape index (κ2) is 10.1. The molecule has 4 amide bonds. The second-order valence-corrected chi connectivity index (χ2v) is 6.64. The number of nitrogens with zero attached hydrogens (tertiary/aromatic N) is 1. The number of amides is 4. The first-order valence-corrected chi connectivity index (χ1v) is 9.00. The van der Waals surface area contributed by atoms with E-state index < -0.39 is 53.8 Å². The molecule has 0 aromatic carbocycles. The Kier molecular flexibility index (Phi) is 8.50. The van der Waals surface area contributed by atoms with Crippen LogP contribution in [0.1, 0.15) is 26.2 Å². The second-order valence-electron chi connectivity index (χ2n) is 6.28. The lowest BCUT2D eigenvalue weighted by Gasteiger charge is -2.27. The zero-order chi connectivity index (χ0) is 20.7. The Labute approximate surface area is 161 Å². The third kappa shape index (κ3) is 6.40. The topological polar surface area (TPSA) is 185 Å². The molecule has 27 heavy (non-hydrogen) atoms. The number of carbonyl (C=O) groups excluding carboxylic acids is 4. The minimum atomic E-state index is -1.19. The van der Waals surface area contributed by atoms with Gasteiger partial charge in [-0.3, -0.25) is 19.2 Å². The summed E-state index contributed by atoms with van der Waals surface area (Å²) in [6.07, 6.45) is 0.530. The maximum absolute atomic E-state index is 12.5. The first-order valence-electron chi connectivity index (χ1n) is 8.37. The lowest BCUT2D eigenvalue weighted by molar-refractivity contribution is -0.149. The first kappa shape index (κ1) is 22.7. The van der Waals surface area contributed by atoms with E-state index in [0.29, 0.717) is 12.8 Å². The van der Waals surface area contributed by atoms with E-state index in [0.717, 1.165) is 0 Å². The Hall–Kier alpha value is -2.34. The minimum Gasteiger partial charge on any atom is -0.480 e. The van der Waals surface area contributed by atoms with Gasteiger partial charge >= 0.3 is 5.97 Å². The van der Waals surface area contributed by atoms with E-state index in [-0.39, 0.29) is 18.7 Å². The average molecular weight is 403 g/mol. The lowest BCUT2D eigenvalue weighted by atomic mass is 10.1. The molecule has 0 radical (unpaired) electrons. The molecule has 12 heteroatoms. The van der Waals surface area contributed by atoms with Gasteiger partial charge in [0.15, 0.2) is 0 Å². The summed E-state index contributed by atoms with van der Waals surface area (Å²) in [5.41, 5.74) is 10.5. The van der Waals surface area contributed by atoms with Crippen LogP contribution in [0.25, 0.3) is 0 Å². The van der Waals surface area contributed by atoms with Gasteiger partial charge in [-0.05, 0) is 19.8 Å². The van der Waals surface area contributed by atoms with Gasteiger partial charge in [0.05, 0.1) is 12.5 Å². The molecular weight excluding hydrogens is 378 g/mol. The van der Waals surface area contributed by atoms with Gasteiger partial charge in [0, 0.05) is 12.3 Å². The molecule has 0 aliphatic carbocycles. The van der Waals surface area contributed by atoms with Crippen LogP contribution >= 0.6 is 12.6 Å². The highest BCUT2D eigenvalue weighted by molar-refractivity contribution is 7.80. The summed E-state index contributed by atoms with van der Waals surface area (Å²) in [6, 6.07) is -4.21. The molecule has 1 saturated heterocycles. The summed E-state index contributed by atoms with van der Waals surface area (Å²) in [4.78, 5) is 59.8. The highest BCUT2D eigenvalue weighted by Crippen LogP contribution is 2.18. The predicted octanol–water partition coefficient (Wildman–Crippen LogP) is -2.82. The zero-order valence-corrected chi connectivity index (χ0v) is 15.8. The molecule has 152 valence electrons. The van der Waals surface area contributed by atoms with Crippen molar-refractivity contribution in [1.29, 1.82) is 0 Å². The van der Waals surface area contributed by atoms with Gasteiger partial charge in [-0.2, -0.15) is 12.6 Å². The maximum atomic E-state index is 12.5. The van der Waals surface area contributed by atoms with Gasteiger partial charge in [-0.15, -0.1) is 0 Å². The number of primary amides is 1. The number of carboxylic acids is 1. The van der Waals surface area contributed by atoms with E-state index >= 15 is 0 Å². The van der Waals surface area contributed by atoms with Crippen molar-refractivity contribution in [3.63, 3.8) is 0 Å². The van der Waals surface area contributed by atoms with Crippen molar-refractivity contribution in [2.24, 2.45) is 11.5 Å². The van der Waals surface area contributed by atoms with Gasteiger partial charge in [-0.1, -0.05) is 0 Å². The van der Waals surface area contributed by atoms with Gasteiger partial charge in [0.2, 0.25) is 23.6 Å². The summed E-state index contributed by atoms with van der Waals surface area (Å²) in [5, 5.41) is 13.9. The Morgan fingerprint density at radius 2 is 1.85 bits per heavy atom. The molecule has 1 aliphatic rings. The molecule has 7 N–H and O–H groups in total. The number of likely N-dealkylation sites (tertiary alicyclic amines) is 1. The van der Waals surface area contributed by atoms with Crippen molar-refractivity contribution in [2.75, 3.05) is 12.3 Å². The summed E-state index contributed by atoms with van der Waals surface area (Å²) >= 11 is 4.04. The molecule has 1 fully saturated rings. The van der Waals surface area contributed by atoms with Gasteiger partial charge in [0.25, 0.3) is 0 Å². The van der Waals surface area contributed by atoms with Crippen molar-refractivity contribution in [3.05, 3.63) is 0 Å². The monoisotopic (exact) mass is 403 g/mol. The highest BCUT2D eigenvalue weighted by Gasteiger charge is 2.37. The number of carbonyl (C=O) groups is 5. The standard InChI is InChI=1S/C15H25N5O6S/c1-7(18-13(23)8(16)5-11(17)21)12(22)19-9(6-27)14(24)20-4-2-3-10(20)15(25)26/h7-10,27H,2-6,16H2,1H3,(H2,17,21)(H,18,23)(H,19,22)(H,25,26). The van der Waals surface area contributed by atoms with Gasteiger partial charge < -0.3 is 32.1 Å². The average Bonchev–Trinajstić information content (AvgIpc) is 3.07. The number of aliphatic carboxylic acids is 1. The number of hydrogen-bond acceptors (Lipinski definition) is 7. The van der Waals surface area contributed by atoms with E-state index in [1.54, 1.807) is 0 Å². The third-order valence-electron chi connectivity index (χ3n) is 4.13. The lowest BCUT2D eigenvalue weighted by Crippen LogP contribution is -2.57. The number of rotatable bonds is 9. The number of hydrogen-bond donors (Lipinski definition) is 6. The smallest absolute Gasteiger partial charge is 0.326 e. The normalized spacial score (nSPS) is 19.7. The largest absolute Gasteiger partial charge is 0.480 e. The van der Waals surface area contributed by atoms with E-state index in [2.05, 4.69) is 23.3 Å². The van der Waals surface area contributed by atoms with Crippen LogP contribution in [-0.2, 0) is 24.0 Å². The fourth-order valence-electron chi connectivity index (χ4n) is 2.67. The van der Waals surface area contributed by atoms with E-state index in [1.165, 1.54) is 11.8 Å². The molecule has 1 aliphatic heterocycles. The van der Waals surface area contributed by atoms with E-state index in [1.807, 2.05) is 0 Å². The summed E-state index contributed by atoms with van der Waals surface area (Å²) < 4.78 is 0. The zero-order valence-electron chi connectivity index (χ0n) is 14.9. The Morgan fingerprint density at radius 1 is 1.22 bits per heavy atom. The molecule has 11 nitrogen and oxygen atoms in total. The van der Waals surface area contributed by atoms with E-state index in [9.17, 15) is 29.1 Å². The van der Waals surface area contributed by atoms with Crippen LogP contribution in [0.15, 0.2) is 0 Å². The van der Waals surface area contributed by atoms with E-state index in [4.69, 9.17) is 11.5 Å². The SMILES string of the molecule is CC(NC(=O)C(N)CC(N)=O)C(=O)NC(CS)C(=O)N1CCCC1C(=O)O. The molecule has 0 saturated carbocycles. The molecule has 0 bridgehead atoms. The van der Waals surface area contributed by atoms with Crippen LogP contribution in [0.2, 0.25) is 0 Å².